The highest BCUT2D eigenvalue weighted by Crippen LogP contribution is 2.38. The quantitative estimate of drug-likeness (QED) is 0.562. The number of primary amides is 1. The summed E-state index contributed by atoms with van der Waals surface area (Å²) in [5, 5.41) is 0. The third-order valence-electron chi connectivity index (χ3n) is 7.17. The van der Waals surface area contributed by atoms with Crippen molar-refractivity contribution in [3.63, 3.8) is 0 Å². The van der Waals surface area contributed by atoms with Crippen LogP contribution in [-0.4, -0.2) is 36.5 Å². The molecule has 4 rings (SSSR count). The zero-order chi connectivity index (χ0) is 23.4. The average Bonchev–Trinajstić information content (AvgIpc) is 2.82. The maximum Gasteiger partial charge on any atom is 0.248 e. The predicted molar refractivity (Wildman–Crippen MR) is 121 cm³/mol. The van der Waals surface area contributed by atoms with E-state index in [1.54, 1.807) is 0 Å². The number of nitrogens with two attached hydrogens (primary N) is 1. The fourth-order valence-corrected chi connectivity index (χ4v) is 5.23. The third kappa shape index (κ3) is 5.88. The number of nitrogens with zero attached hydrogens (tertiary/aromatic N) is 1. The van der Waals surface area contributed by atoms with E-state index in [-0.39, 0.29) is 17.8 Å². The molecule has 2 fully saturated rings. The van der Waals surface area contributed by atoms with Gasteiger partial charge in [-0.15, -0.1) is 0 Å². The van der Waals surface area contributed by atoms with Crippen molar-refractivity contribution < 1.29 is 22.7 Å². The van der Waals surface area contributed by atoms with Crippen molar-refractivity contribution in [1.29, 1.82) is 0 Å². The van der Waals surface area contributed by atoms with Crippen molar-refractivity contribution >= 4 is 5.91 Å². The lowest BCUT2D eigenvalue weighted by Crippen LogP contribution is -2.39. The summed E-state index contributed by atoms with van der Waals surface area (Å²) in [5.41, 5.74) is 7.28. The van der Waals surface area contributed by atoms with Crippen LogP contribution in [0.2, 0.25) is 0 Å². The van der Waals surface area contributed by atoms with E-state index in [1.165, 1.54) is 0 Å². The van der Waals surface area contributed by atoms with Crippen LogP contribution in [0.1, 0.15) is 66.8 Å². The topological polar surface area (TPSA) is 55.6 Å². The van der Waals surface area contributed by atoms with Crippen molar-refractivity contribution in [2.45, 2.75) is 57.0 Å². The second kappa shape index (κ2) is 10.6. The SMILES string of the molecule is NC(=O)c1ccccc1C1CCC(CCN2CCC(Oc3cc(F)c(F)cc3F)CC2)CC1. The molecule has 0 unspecified atom stereocenters. The zero-order valence-corrected chi connectivity index (χ0v) is 18.7. The van der Waals surface area contributed by atoms with Gasteiger partial charge < -0.3 is 15.4 Å². The molecule has 2 aromatic rings. The van der Waals surface area contributed by atoms with Crippen LogP contribution in [0.4, 0.5) is 13.2 Å². The first-order valence-corrected chi connectivity index (χ1v) is 11.8. The molecule has 178 valence electrons. The molecule has 1 amide bonds. The van der Waals surface area contributed by atoms with Gasteiger partial charge in [0, 0.05) is 30.8 Å². The lowest BCUT2D eigenvalue weighted by Gasteiger charge is -2.34. The average molecular weight is 461 g/mol. The highest BCUT2D eigenvalue weighted by Gasteiger charge is 2.27. The molecule has 0 radical (unpaired) electrons. The summed E-state index contributed by atoms with van der Waals surface area (Å²) in [4.78, 5) is 14.1. The first kappa shape index (κ1) is 23.6. The third-order valence-corrected chi connectivity index (χ3v) is 7.17. The van der Waals surface area contributed by atoms with Crippen LogP contribution < -0.4 is 10.5 Å². The van der Waals surface area contributed by atoms with Gasteiger partial charge in [0.15, 0.2) is 23.2 Å². The Balaban J connectivity index is 1.19. The molecule has 7 heteroatoms. The highest BCUT2D eigenvalue weighted by atomic mass is 19.2. The summed E-state index contributed by atoms with van der Waals surface area (Å²) in [6.45, 7) is 2.70. The summed E-state index contributed by atoms with van der Waals surface area (Å²) in [6.07, 6.45) is 6.84. The summed E-state index contributed by atoms with van der Waals surface area (Å²) < 4.78 is 45.9. The number of carbonyl (C=O) groups is 1. The number of amides is 1. The molecule has 1 heterocycles. The fourth-order valence-electron chi connectivity index (χ4n) is 5.23. The van der Waals surface area contributed by atoms with Gasteiger partial charge in [-0.05, 0) is 75.0 Å². The van der Waals surface area contributed by atoms with Gasteiger partial charge in [0.2, 0.25) is 5.91 Å². The molecule has 33 heavy (non-hydrogen) atoms. The monoisotopic (exact) mass is 460 g/mol. The molecule has 4 nitrogen and oxygen atoms in total. The Bertz CT molecular complexity index is 968. The Morgan fingerprint density at radius 1 is 0.939 bits per heavy atom. The molecule has 2 aliphatic rings. The van der Waals surface area contributed by atoms with E-state index in [1.807, 2.05) is 24.3 Å². The summed E-state index contributed by atoms with van der Waals surface area (Å²) in [7, 11) is 0. The standard InChI is InChI=1S/C26H31F3N2O2/c27-22-15-24(29)25(16-23(22)28)33-19-10-13-31(14-11-19)12-9-17-5-7-18(8-6-17)20-3-1-2-4-21(20)26(30)32/h1-4,15-19H,5-14H2,(H2,30,32). The Hall–Kier alpha value is -2.54. The van der Waals surface area contributed by atoms with Crippen molar-refractivity contribution in [3.8, 4) is 5.75 Å². The highest BCUT2D eigenvalue weighted by molar-refractivity contribution is 5.94. The van der Waals surface area contributed by atoms with Gasteiger partial charge >= 0.3 is 0 Å². The Morgan fingerprint density at radius 2 is 1.61 bits per heavy atom. The van der Waals surface area contributed by atoms with E-state index >= 15 is 0 Å². The number of rotatable bonds is 7. The molecule has 1 saturated carbocycles. The van der Waals surface area contributed by atoms with Crippen molar-refractivity contribution in [2.75, 3.05) is 19.6 Å². The summed E-state index contributed by atoms with van der Waals surface area (Å²) in [5.74, 6) is -2.68. The lowest BCUT2D eigenvalue weighted by atomic mass is 9.76. The molecule has 0 atom stereocenters. The number of carbonyl (C=O) groups excluding carboxylic acids is 1. The first-order valence-electron chi connectivity index (χ1n) is 11.8. The van der Waals surface area contributed by atoms with E-state index in [4.69, 9.17) is 10.5 Å². The Morgan fingerprint density at radius 3 is 2.30 bits per heavy atom. The van der Waals surface area contributed by atoms with Crippen molar-refractivity contribution in [2.24, 2.45) is 11.7 Å². The summed E-state index contributed by atoms with van der Waals surface area (Å²) in [6, 6.07) is 9.00. The van der Waals surface area contributed by atoms with Crippen molar-refractivity contribution in [3.05, 3.63) is 65.0 Å². The lowest BCUT2D eigenvalue weighted by molar-refractivity contribution is 0.0917. The molecular weight excluding hydrogens is 429 g/mol. The van der Waals surface area contributed by atoms with E-state index in [0.717, 1.165) is 76.2 Å². The van der Waals surface area contributed by atoms with E-state index in [9.17, 15) is 18.0 Å². The van der Waals surface area contributed by atoms with Crippen LogP contribution in [0.5, 0.6) is 5.75 Å². The smallest absolute Gasteiger partial charge is 0.248 e. The molecule has 2 N–H and O–H groups in total. The Labute approximate surface area is 192 Å². The van der Waals surface area contributed by atoms with Crippen LogP contribution in [-0.2, 0) is 0 Å². The number of piperidine rings is 1. The van der Waals surface area contributed by atoms with Gasteiger partial charge in [-0.3, -0.25) is 4.79 Å². The van der Waals surface area contributed by atoms with E-state index in [0.29, 0.717) is 23.5 Å². The largest absolute Gasteiger partial charge is 0.487 e. The molecular formula is C26H31F3N2O2. The van der Waals surface area contributed by atoms with Crippen LogP contribution in [0, 0.1) is 23.4 Å². The van der Waals surface area contributed by atoms with Gasteiger partial charge in [0.05, 0.1) is 0 Å². The first-order chi connectivity index (χ1) is 15.9. The van der Waals surface area contributed by atoms with Crippen LogP contribution in [0.15, 0.2) is 36.4 Å². The van der Waals surface area contributed by atoms with Crippen molar-refractivity contribution in [1.82, 2.24) is 4.90 Å². The normalized spacial score (nSPS) is 22.3. The number of likely N-dealkylation sites (tertiary alicyclic amines) is 1. The second-order valence-corrected chi connectivity index (χ2v) is 9.31. The van der Waals surface area contributed by atoms with Gasteiger partial charge in [-0.2, -0.15) is 0 Å². The Kier molecular flexibility index (Phi) is 7.58. The van der Waals surface area contributed by atoms with Gasteiger partial charge in [-0.25, -0.2) is 13.2 Å². The van der Waals surface area contributed by atoms with Crippen LogP contribution in [0.25, 0.3) is 0 Å². The van der Waals surface area contributed by atoms with E-state index in [2.05, 4.69) is 4.90 Å². The minimum atomic E-state index is -1.21. The molecule has 0 aromatic heterocycles. The van der Waals surface area contributed by atoms with Gasteiger partial charge in [0.25, 0.3) is 0 Å². The zero-order valence-electron chi connectivity index (χ0n) is 18.7. The molecule has 0 spiro atoms. The van der Waals surface area contributed by atoms with Gasteiger partial charge in [0.1, 0.15) is 6.10 Å². The number of hydrogen-bond acceptors (Lipinski definition) is 3. The fraction of sp³-hybridized carbons (Fsp3) is 0.500. The number of ether oxygens (including phenoxy) is 1. The minimum absolute atomic E-state index is 0.193. The van der Waals surface area contributed by atoms with Crippen LogP contribution in [0.3, 0.4) is 0 Å². The maximum absolute atomic E-state index is 13.8. The minimum Gasteiger partial charge on any atom is -0.487 e. The molecule has 1 saturated heterocycles. The number of benzene rings is 2. The van der Waals surface area contributed by atoms with Crippen LogP contribution >= 0.6 is 0 Å². The van der Waals surface area contributed by atoms with E-state index < -0.39 is 17.5 Å². The predicted octanol–water partition coefficient (Wildman–Crippen LogP) is 5.41. The molecule has 1 aliphatic carbocycles. The second-order valence-electron chi connectivity index (χ2n) is 9.31. The molecule has 0 bridgehead atoms. The maximum atomic E-state index is 13.8. The molecule has 1 aliphatic heterocycles. The summed E-state index contributed by atoms with van der Waals surface area (Å²) >= 11 is 0. The number of halogens is 3. The van der Waals surface area contributed by atoms with Gasteiger partial charge in [-0.1, -0.05) is 18.2 Å². The molecule has 2 aromatic carbocycles. The number of hydrogen-bond donors (Lipinski definition) is 1.